The highest BCUT2D eigenvalue weighted by Crippen LogP contribution is 2.19. The Kier molecular flexibility index (Phi) is 5.60. The van der Waals surface area contributed by atoms with E-state index in [1.54, 1.807) is 0 Å². The third kappa shape index (κ3) is 4.30. The molecule has 0 aromatic carbocycles. The summed E-state index contributed by atoms with van der Waals surface area (Å²) in [5.41, 5.74) is 2.39. The first-order valence-corrected chi connectivity index (χ1v) is 6.82. The van der Waals surface area contributed by atoms with Crippen LogP contribution >= 0.6 is 0 Å². The molecule has 102 valence electrons. The van der Waals surface area contributed by atoms with Crippen LogP contribution in [0.15, 0.2) is 12.1 Å². The van der Waals surface area contributed by atoms with Crippen LogP contribution in [0.2, 0.25) is 0 Å². The van der Waals surface area contributed by atoms with Gasteiger partial charge in [-0.25, -0.2) is 4.98 Å². The van der Waals surface area contributed by atoms with Gasteiger partial charge in [0.15, 0.2) is 0 Å². The molecule has 0 bridgehead atoms. The van der Waals surface area contributed by atoms with E-state index in [1.807, 2.05) is 7.05 Å². The van der Waals surface area contributed by atoms with Gasteiger partial charge in [0.2, 0.25) is 0 Å². The van der Waals surface area contributed by atoms with Gasteiger partial charge < -0.3 is 10.2 Å². The number of anilines is 1. The van der Waals surface area contributed by atoms with E-state index in [2.05, 4.69) is 62.0 Å². The van der Waals surface area contributed by atoms with E-state index in [9.17, 15) is 0 Å². The Morgan fingerprint density at radius 3 is 2.39 bits per heavy atom. The van der Waals surface area contributed by atoms with Crippen molar-refractivity contribution in [2.24, 2.45) is 5.92 Å². The van der Waals surface area contributed by atoms with Gasteiger partial charge in [-0.05, 0) is 51.4 Å². The molecule has 1 rings (SSSR count). The minimum absolute atomic E-state index is 0.476. The first-order chi connectivity index (χ1) is 8.43. The molecule has 0 radical (unpaired) electrons. The summed E-state index contributed by atoms with van der Waals surface area (Å²) in [5.74, 6) is 1.74. The Balaban J connectivity index is 3.03. The van der Waals surface area contributed by atoms with Crippen LogP contribution in [0.4, 0.5) is 5.82 Å². The molecule has 0 saturated heterocycles. The molecule has 1 aromatic heterocycles. The molecule has 1 aromatic rings. The number of nitrogens with one attached hydrogen (secondary N) is 1. The molecule has 0 aliphatic heterocycles. The highest BCUT2D eigenvalue weighted by atomic mass is 15.2. The zero-order valence-corrected chi connectivity index (χ0v) is 12.6. The number of hydrogen-bond donors (Lipinski definition) is 1. The molecule has 0 fully saturated rings. The standard InChI is InChI=1S/C15H27N3/c1-11(2)10-18(12(3)4)15-8-14(9-16-6)7-13(5)17-15/h7-8,11-12,16H,9-10H2,1-6H3. The Morgan fingerprint density at radius 2 is 1.89 bits per heavy atom. The molecule has 1 N–H and O–H groups in total. The third-order valence-electron chi connectivity index (χ3n) is 2.86. The molecule has 3 heteroatoms. The molecule has 1 heterocycles. The van der Waals surface area contributed by atoms with Crippen LogP contribution < -0.4 is 10.2 Å². The lowest BCUT2D eigenvalue weighted by Crippen LogP contribution is -2.35. The Morgan fingerprint density at radius 1 is 1.22 bits per heavy atom. The number of nitrogens with zero attached hydrogens (tertiary/aromatic N) is 2. The minimum atomic E-state index is 0.476. The van der Waals surface area contributed by atoms with E-state index in [0.29, 0.717) is 12.0 Å². The monoisotopic (exact) mass is 249 g/mol. The summed E-state index contributed by atoms with van der Waals surface area (Å²) in [6.07, 6.45) is 0. The second-order valence-corrected chi connectivity index (χ2v) is 5.65. The van der Waals surface area contributed by atoms with Crippen LogP contribution in [0, 0.1) is 12.8 Å². The second-order valence-electron chi connectivity index (χ2n) is 5.65. The van der Waals surface area contributed by atoms with Gasteiger partial charge in [0.05, 0.1) is 0 Å². The van der Waals surface area contributed by atoms with Gasteiger partial charge in [0.1, 0.15) is 5.82 Å². The van der Waals surface area contributed by atoms with E-state index in [0.717, 1.165) is 24.6 Å². The van der Waals surface area contributed by atoms with Gasteiger partial charge in [-0.1, -0.05) is 13.8 Å². The Hall–Kier alpha value is -1.09. The van der Waals surface area contributed by atoms with Crippen molar-refractivity contribution < 1.29 is 0 Å². The smallest absolute Gasteiger partial charge is 0.129 e. The molecule has 0 spiro atoms. The first kappa shape index (κ1) is 15.0. The van der Waals surface area contributed by atoms with Crippen molar-refractivity contribution in [3.8, 4) is 0 Å². The van der Waals surface area contributed by atoms with Crippen molar-refractivity contribution in [1.82, 2.24) is 10.3 Å². The molecule has 0 amide bonds. The maximum Gasteiger partial charge on any atom is 0.129 e. The lowest BCUT2D eigenvalue weighted by atomic mass is 10.1. The zero-order valence-electron chi connectivity index (χ0n) is 12.6. The van der Waals surface area contributed by atoms with E-state index >= 15 is 0 Å². The van der Waals surface area contributed by atoms with Crippen LogP contribution in [0.25, 0.3) is 0 Å². The molecule has 0 aliphatic rings. The number of aryl methyl sites for hydroxylation is 1. The fourth-order valence-corrected chi connectivity index (χ4v) is 2.14. The fourth-order valence-electron chi connectivity index (χ4n) is 2.14. The van der Waals surface area contributed by atoms with Crippen molar-refractivity contribution in [3.05, 3.63) is 23.4 Å². The lowest BCUT2D eigenvalue weighted by Gasteiger charge is -2.30. The summed E-state index contributed by atoms with van der Waals surface area (Å²) in [5, 5.41) is 3.20. The molecular formula is C15H27N3. The van der Waals surface area contributed by atoms with Crippen molar-refractivity contribution in [3.63, 3.8) is 0 Å². The molecule has 18 heavy (non-hydrogen) atoms. The summed E-state index contributed by atoms with van der Waals surface area (Å²) in [4.78, 5) is 7.07. The van der Waals surface area contributed by atoms with Crippen LogP contribution in [0.1, 0.15) is 39.0 Å². The molecule has 0 saturated carbocycles. The zero-order chi connectivity index (χ0) is 13.7. The number of aromatic nitrogens is 1. The van der Waals surface area contributed by atoms with E-state index in [1.165, 1.54) is 5.56 Å². The quantitative estimate of drug-likeness (QED) is 0.840. The maximum atomic E-state index is 4.69. The summed E-state index contributed by atoms with van der Waals surface area (Å²) < 4.78 is 0. The number of hydrogen-bond acceptors (Lipinski definition) is 3. The van der Waals surface area contributed by atoms with Gasteiger partial charge in [-0.3, -0.25) is 0 Å². The van der Waals surface area contributed by atoms with Crippen LogP contribution in [-0.4, -0.2) is 24.6 Å². The predicted molar refractivity (Wildman–Crippen MR) is 79.1 cm³/mol. The fraction of sp³-hybridized carbons (Fsp3) is 0.667. The number of rotatable bonds is 6. The van der Waals surface area contributed by atoms with Gasteiger partial charge >= 0.3 is 0 Å². The topological polar surface area (TPSA) is 28.2 Å². The lowest BCUT2D eigenvalue weighted by molar-refractivity contribution is 0.565. The van der Waals surface area contributed by atoms with Gasteiger partial charge in [-0.15, -0.1) is 0 Å². The van der Waals surface area contributed by atoms with Crippen molar-refractivity contribution in [1.29, 1.82) is 0 Å². The first-order valence-electron chi connectivity index (χ1n) is 6.82. The van der Waals surface area contributed by atoms with Gasteiger partial charge in [0.25, 0.3) is 0 Å². The van der Waals surface area contributed by atoms with E-state index < -0.39 is 0 Å². The highest BCUT2D eigenvalue weighted by Gasteiger charge is 2.14. The largest absolute Gasteiger partial charge is 0.354 e. The summed E-state index contributed by atoms with van der Waals surface area (Å²) in [6, 6.07) is 4.82. The predicted octanol–water partition coefficient (Wildman–Crippen LogP) is 2.98. The summed E-state index contributed by atoms with van der Waals surface area (Å²) >= 11 is 0. The average Bonchev–Trinajstić information content (AvgIpc) is 2.24. The SMILES string of the molecule is CNCc1cc(C)nc(N(CC(C)C)C(C)C)c1. The van der Waals surface area contributed by atoms with Crippen LogP contribution in [0.3, 0.4) is 0 Å². The summed E-state index contributed by atoms with van der Waals surface area (Å²) in [6.45, 7) is 13.0. The van der Waals surface area contributed by atoms with Crippen molar-refractivity contribution in [2.45, 2.75) is 47.2 Å². The van der Waals surface area contributed by atoms with Crippen molar-refractivity contribution >= 4 is 5.82 Å². The van der Waals surface area contributed by atoms with Crippen LogP contribution in [0.5, 0.6) is 0 Å². The van der Waals surface area contributed by atoms with Gasteiger partial charge in [0, 0.05) is 24.8 Å². The van der Waals surface area contributed by atoms with E-state index in [4.69, 9.17) is 0 Å². The minimum Gasteiger partial charge on any atom is -0.354 e. The van der Waals surface area contributed by atoms with Crippen LogP contribution in [-0.2, 0) is 6.54 Å². The van der Waals surface area contributed by atoms with Gasteiger partial charge in [-0.2, -0.15) is 0 Å². The molecule has 0 aliphatic carbocycles. The third-order valence-corrected chi connectivity index (χ3v) is 2.86. The Labute approximate surface area is 112 Å². The maximum absolute atomic E-state index is 4.69. The van der Waals surface area contributed by atoms with E-state index in [-0.39, 0.29) is 0 Å². The molecule has 3 nitrogen and oxygen atoms in total. The highest BCUT2D eigenvalue weighted by molar-refractivity contribution is 5.43. The number of pyridine rings is 1. The second kappa shape index (κ2) is 6.74. The summed E-state index contributed by atoms with van der Waals surface area (Å²) in [7, 11) is 1.98. The normalized spacial score (nSPS) is 11.3. The van der Waals surface area contributed by atoms with Crippen molar-refractivity contribution in [2.75, 3.05) is 18.5 Å². The molecule has 0 unspecified atom stereocenters. The Bertz CT molecular complexity index is 372. The average molecular weight is 249 g/mol. The molecular weight excluding hydrogens is 222 g/mol. The molecule has 0 atom stereocenters.